The van der Waals surface area contributed by atoms with Crippen molar-refractivity contribution >= 4 is 11.6 Å². The van der Waals surface area contributed by atoms with Crippen molar-refractivity contribution in [2.24, 2.45) is 0 Å². The molecule has 0 aliphatic carbocycles. The Balaban J connectivity index is 1.85. The van der Waals surface area contributed by atoms with Crippen LogP contribution in [-0.4, -0.2) is 13.0 Å². The van der Waals surface area contributed by atoms with E-state index in [1.165, 1.54) is 11.1 Å². The van der Waals surface area contributed by atoms with Gasteiger partial charge in [0.2, 0.25) is 5.91 Å². The first-order valence-corrected chi connectivity index (χ1v) is 9.93. The van der Waals surface area contributed by atoms with Crippen LogP contribution in [0.2, 0.25) is 0 Å². The maximum atomic E-state index is 13.2. The normalized spacial score (nSPS) is 12.8. The highest BCUT2D eigenvalue weighted by atomic mass is 16.5. The first-order chi connectivity index (χ1) is 14.1. The van der Waals surface area contributed by atoms with Crippen molar-refractivity contribution in [2.75, 3.05) is 12.4 Å². The summed E-state index contributed by atoms with van der Waals surface area (Å²) in [6.45, 7) is 4.20. The molecule has 0 aliphatic heterocycles. The smallest absolute Gasteiger partial charge is 0.246 e. The van der Waals surface area contributed by atoms with Crippen molar-refractivity contribution in [3.63, 3.8) is 0 Å². The van der Waals surface area contributed by atoms with Crippen molar-refractivity contribution in [1.29, 1.82) is 0 Å². The molecular formula is C25H28N2O2. The second-order valence-electron chi connectivity index (χ2n) is 7.10. The lowest BCUT2D eigenvalue weighted by Gasteiger charge is -2.25. The lowest BCUT2D eigenvalue weighted by Crippen LogP contribution is -2.35. The van der Waals surface area contributed by atoms with Crippen molar-refractivity contribution in [3.8, 4) is 5.75 Å². The minimum atomic E-state index is -0.478. The van der Waals surface area contributed by atoms with Crippen LogP contribution in [0, 0.1) is 6.92 Å². The van der Waals surface area contributed by atoms with Gasteiger partial charge < -0.3 is 10.1 Å². The van der Waals surface area contributed by atoms with Crippen molar-refractivity contribution in [2.45, 2.75) is 32.4 Å². The summed E-state index contributed by atoms with van der Waals surface area (Å²) in [5.74, 6) is 0.605. The lowest BCUT2D eigenvalue weighted by atomic mass is 9.99. The Morgan fingerprint density at radius 1 is 0.931 bits per heavy atom. The summed E-state index contributed by atoms with van der Waals surface area (Å²) < 4.78 is 5.26. The molecule has 0 aliphatic rings. The topological polar surface area (TPSA) is 50.4 Å². The largest absolute Gasteiger partial charge is 0.497 e. The standard InChI is InChI=1S/C25H28N2O2/c1-4-23(19-15-13-18(2)14-16-19)27-24(20-9-6-5-7-10-20)25(28)26-21-11-8-12-22(17-21)29-3/h5-17,23-24,27H,4H2,1-3H3,(H,26,28)/t23-,24+/m1/s1. The minimum Gasteiger partial charge on any atom is -0.497 e. The molecule has 0 fully saturated rings. The molecule has 0 saturated carbocycles. The molecule has 0 radical (unpaired) electrons. The lowest BCUT2D eigenvalue weighted by molar-refractivity contribution is -0.118. The Morgan fingerprint density at radius 2 is 1.66 bits per heavy atom. The summed E-state index contributed by atoms with van der Waals surface area (Å²) in [6, 6.07) is 25.3. The van der Waals surface area contributed by atoms with Gasteiger partial charge in [0.15, 0.2) is 0 Å². The molecule has 3 aromatic rings. The molecule has 1 amide bonds. The maximum Gasteiger partial charge on any atom is 0.246 e. The Kier molecular flexibility index (Phi) is 7.04. The molecular weight excluding hydrogens is 360 g/mol. The predicted octanol–water partition coefficient (Wildman–Crippen LogP) is 5.42. The Labute approximate surface area is 172 Å². The summed E-state index contributed by atoms with van der Waals surface area (Å²) in [7, 11) is 1.61. The third-order valence-electron chi connectivity index (χ3n) is 4.99. The van der Waals surface area contributed by atoms with Gasteiger partial charge in [0.1, 0.15) is 11.8 Å². The van der Waals surface area contributed by atoms with E-state index in [0.717, 1.165) is 12.0 Å². The van der Waals surface area contributed by atoms with Crippen molar-refractivity contribution in [1.82, 2.24) is 5.32 Å². The van der Waals surface area contributed by atoms with Gasteiger partial charge >= 0.3 is 0 Å². The fourth-order valence-corrected chi connectivity index (χ4v) is 3.33. The van der Waals surface area contributed by atoms with Crippen molar-refractivity contribution in [3.05, 3.63) is 95.6 Å². The summed E-state index contributed by atoms with van der Waals surface area (Å²) >= 11 is 0. The van der Waals surface area contributed by atoms with Gasteiger partial charge in [0, 0.05) is 17.8 Å². The molecule has 4 nitrogen and oxygen atoms in total. The minimum absolute atomic E-state index is 0.0665. The molecule has 4 heteroatoms. The number of anilines is 1. The number of nitrogens with one attached hydrogen (secondary N) is 2. The summed E-state index contributed by atoms with van der Waals surface area (Å²) in [4.78, 5) is 13.2. The molecule has 2 N–H and O–H groups in total. The van der Waals surface area contributed by atoms with Crippen LogP contribution in [0.25, 0.3) is 0 Å². The number of rotatable bonds is 8. The SMILES string of the molecule is CC[C@@H](N[C@H](C(=O)Nc1cccc(OC)c1)c1ccccc1)c1ccc(C)cc1. The molecule has 0 heterocycles. The number of hydrogen-bond donors (Lipinski definition) is 2. The van der Waals surface area contributed by atoms with E-state index in [4.69, 9.17) is 4.74 Å². The molecule has 0 bridgehead atoms. The van der Waals surface area contributed by atoms with Crippen LogP contribution < -0.4 is 15.4 Å². The van der Waals surface area contributed by atoms with Crippen LogP contribution >= 0.6 is 0 Å². The van der Waals surface area contributed by atoms with E-state index in [0.29, 0.717) is 11.4 Å². The first-order valence-electron chi connectivity index (χ1n) is 9.93. The van der Waals surface area contributed by atoms with Crippen molar-refractivity contribution < 1.29 is 9.53 Å². The molecule has 0 spiro atoms. The van der Waals surface area contributed by atoms with E-state index in [1.54, 1.807) is 7.11 Å². The highest BCUT2D eigenvalue weighted by Crippen LogP contribution is 2.25. The number of benzene rings is 3. The van der Waals surface area contributed by atoms with Crippen LogP contribution in [0.5, 0.6) is 5.75 Å². The van der Waals surface area contributed by atoms with Crippen LogP contribution in [0.3, 0.4) is 0 Å². The summed E-state index contributed by atoms with van der Waals surface area (Å²) in [5.41, 5.74) is 4.03. The summed E-state index contributed by atoms with van der Waals surface area (Å²) in [5, 5.41) is 6.58. The quantitative estimate of drug-likeness (QED) is 0.541. The third kappa shape index (κ3) is 5.46. The number of carbonyl (C=O) groups excluding carboxylic acids is 1. The highest BCUT2D eigenvalue weighted by Gasteiger charge is 2.24. The van der Waals surface area contributed by atoms with E-state index in [9.17, 15) is 4.79 Å². The second kappa shape index (κ2) is 9.89. The maximum absolute atomic E-state index is 13.2. The first kappa shape index (κ1) is 20.6. The van der Waals surface area contributed by atoms with Crippen LogP contribution in [-0.2, 0) is 4.79 Å². The molecule has 0 aromatic heterocycles. The van der Waals surface area contributed by atoms with Crippen LogP contribution in [0.4, 0.5) is 5.69 Å². The van der Waals surface area contributed by atoms with Gasteiger partial charge in [-0.1, -0.05) is 73.2 Å². The molecule has 3 aromatic carbocycles. The number of ether oxygens (including phenoxy) is 1. The van der Waals surface area contributed by atoms with Gasteiger partial charge in [-0.2, -0.15) is 0 Å². The number of carbonyl (C=O) groups is 1. The zero-order valence-corrected chi connectivity index (χ0v) is 17.2. The van der Waals surface area contributed by atoms with E-state index < -0.39 is 6.04 Å². The van der Waals surface area contributed by atoms with Crippen LogP contribution in [0.1, 0.15) is 42.1 Å². The average Bonchev–Trinajstić information content (AvgIpc) is 2.76. The Bertz CT molecular complexity index is 923. The number of aryl methyl sites for hydroxylation is 1. The molecule has 0 saturated heterocycles. The fourth-order valence-electron chi connectivity index (χ4n) is 3.33. The van der Waals surface area contributed by atoms with Gasteiger partial charge in [-0.25, -0.2) is 0 Å². The monoisotopic (exact) mass is 388 g/mol. The Hall–Kier alpha value is -3.11. The second-order valence-corrected chi connectivity index (χ2v) is 7.10. The van der Waals surface area contributed by atoms with E-state index in [1.807, 2.05) is 54.6 Å². The van der Waals surface area contributed by atoms with E-state index in [2.05, 4.69) is 48.7 Å². The van der Waals surface area contributed by atoms with E-state index >= 15 is 0 Å². The van der Waals surface area contributed by atoms with Gasteiger partial charge in [-0.15, -0.1) is 0 Å². The van der Waals surface area contributed by atoms with Gasteiger partial charge in [0.05, 0.1) is 7.11 Å². The molecule has 0 unspecified atom stereocenters. The zero-order chi connectivity index (χ0) is 20.6. The van der Waals surface area contributed by atoms with Crippen LogP contribution in [0.15, 0.2) is 78.9 Å². The number of amides is 1. The highest BCUT2D eigenvalue weighted by molar-refractivity contribution is 5.95. The Morgan fingerprint density at radius 3 is 2.31 bits per heavy atom. The average molecular weight is 389 g/mol. The molecule has 2 atom stereocenters. The fraction of sp³-hybridized carbons (Fsp3) is 0.240. The van der Waals surface area contributed by atoms with Gasteiger partial charge in [-0.3, -0.25) is 10.1 Å². The molecule has 150 valence electrons. The third-order valence-corrected chi connectivity index (χ3v) is 4.99. The number of methoxy groups -OCH3 is 1. The molecule has 3 rings (SSSR count). The van der Waals surface area contributed by atoms with E-state index in [-0.39, 0.29) is 11.9 Å². The summed E-state index contributed by atoms with van der Waals surface area (Å²) in [6.07, 6.45) is 0.874. The predicted molar refractivity (Wildman–Crippen MR) is 118 cm³/mol. The van der Waals surface area contributed by atoms with Gasteiger partial charge in [-0.05, 0) is 36.6 Å². The molecule has 29 heavy (non-hydrogen) atoms. The zero-order valence-electron chi connectivity index (χ0n) is 17.2. The van der Waals surface area contributed by atoms with Gasteiger partial charge in [0.25, 0.3) is 0 Å². The number of hydrogen-bond acceptors (Lipinski definition) is 3.